The molecule has 2 aliphatic rings. The second kappa shape index (κ2) is 4.42. The highest BCUT2D eigenvalue weighted by Gasteiger charge is 2.32. The van der Waals surface area contributed by atoms with E-state index < -0.39 is 0 Å². The highest BCUT2D eigenvalue weighted by atomic mass is 32.1. The molecule has 3 nitrogen and oxygen atoms in total. The number of fused-ring (bicyclic) bond motifs is 1. The Morgan fingerprint density at radius 1 is 1.47 bits per heavy atom. The van der Waals surface area contributed by atoms with E-state index in [-0.39, 0.29) is 12.0 Å². The van der Waals surface area contributed by atoms with Crippen LogP contribution in [0.4, 0.5) is 0 Å². The molecule has 92 valence electrons. The van der Waals surface area contributed by atoms with Crippen molar-refractivity contribution in [3.8, 4) is 0 Å². The molecule has 0 saturated heterocycles. The zero-order valence-electron chi connectivity index (χ0n) is 9.89. The molecule has 1 aromatic rings. The van der Waals surface area contributed by atoms with Crippen LogP contribution in [0.2, 0.25) is 0 Å². The minimum absolute atomic E-state index is 0.185. The average molecular weight is 250 g/mol. The molecule has 1 aliphatic heterocycles. The van der Waals surface area contributed by atoms with Crippen LogP contribution in [0.1, 0.15) is 29.7 Å². The van der Waals surface area contributed by atoms with Crippen LogP contribution in [0.5, 0.6) is 0 Å². The summed E-state index contributed by atoms with van der Waals surface area (Å²) >= 11 is 1.81. The van der Waals surface area contributed by atoms with Crippen molar-refractivity contribution in [2.24, 2.45) is 11.7 Å². The summed E-state index contributed by atoms with van der Waals surface area (Å²) < 4.78 is 0. The van der Waals surface area contributed by atoms with Crippen LogP contribution in [0.15, 0.2) is 11.4 Å². The number of carbonyl (C=O) groups is 1. The van der Waals surface area contributed by atoms with Gasteiger partial charge in [0.15, 0.2) is 0 Å². The van der Waals surface area contributed by atoms with E-state index in [1.54, 1.807) is 0 Å². The molecule has 1 saturated carbocycles. The van der Waals surface area contributed by atoms with E-state index in [0.717, 1.165) is 38.8 Å². The van der Waals surface area contributed by atoms with E-state index >= 15 is 0 Å². The minimum atomic E-state index is 0.185. The highest BCUT2D eigenvalue weighted by molar-refractivity contribution is 7.10. The van der Waals surface area contributed by atoms with Gasteiger partial charge in [-0.15, -0.1) is 11.3 Å². The van der Waals surface area contributed by atoms with Crippen molar-refractivity contribution in [3.63, 3.8) is 0 Å². The highest BCUT2D eigenvalue weighted by Crippen LogP contribution is 2.29. The first kappa shape index (κ1) is 11.2. The summed E-state index contributed by atoms with van der Waals surface area (Å²) in [6.07, 6.45) is 3.89. The van der Waals surface area contributed by atoms with Crippen molar-refractivity contribution < 1.29 is 4.79 Å². The lowest BCUT2D eigenvalue weighted by Gasteiger charge is -2.29. The van der Waals surface area contributed by atoms with Crippen molar-refractivity contribution >= 4 is 17.2 Å². The van der Waals surface area contributed by atoms with E-state index in [1.165, 1.54) is 10.4 Å². The normalized spacial score (nSPS) is 28.2. The number of thiophene rings is 1. The zero-order valence-corrected chi connectivity index (χ0v) is 10.7. The molecule has 2 atom stereocenters. The summed E-state index contributed by atoms with van der Waals surface area (Å²) in [6.45, 7) is 1.70. The molecule has 1 fully saturated rings. The van der Waals surface area contributed by atoms with Gasteiger partial charge in [-0.3, -0.25) is 4.79 Å². The summed E-state index contributed by atoms with van der Waals surface area (Å²) in [6, 6.07) is 2.39. The number of carbonyl (C=O) groups excluding carboxylic acids is 1. The molecule has 1 aromatic heterocycles. The maximum Gasteiger partial charge on any atom is 0.226 e. The summed E-state index contributed by atoms with van der Waals surface area (Å²) in [5, 5.41) is 2.13. The maximum atomic E-state index is 12.4. The Hall–Kier alpha value is -0.870. The van der Waals surface area contributed by atoms with Crippen LogP contribution in [0, 0.1) is 5.92 Å². The van der Waals surface area contributed by atoms with E-state index in [2.05, 4.69) is 11.4 Å². The van der Waals surface area contributed by atoms with Gasteiger partial charge < -0.3 is 10.6 Å². The second-order valence-corrected chi connectivity index (χ2v) is 6.15. The van der Waals surface area contributed by atoms with Gasteiger partial charge in [0.05, 0.1) is 0 Å². The molecular weight excluding hydrogens is 232 g/mol. The van der Waals surface area contributed by atoms with Crippen molar-refractivity contribution in [3.05, 3.63) is 21.9 Å². The summed E-state index contributed by atoms with van der Waals surface area (Å²) in [4.78, 5) is 15.8. The third-order valence-electron chi connectivity index (χ3n) is 3.94. The Morgan fingerprint density at radius 3 is 3.12 bits per heavy atom. The number of amides is 1. The van der Waals surface area contributed by atoms with E-state index in [9.17, 15) is 4.79 Å². The first-order valence-corrected chi connectivity index (χ1v) is 7.21. The lowest BCUT2D eigenvalue weighted by Crippen LogP contribution is -2.39. The molecule has 0 aromatic carbocycles. The Kier molecular flexibility index (Phi) is 2.92. The number of nitrogens with zero attached hydrogens (tertiary/aromatic N) is 1. The average Bonchev–Trinajstić information content (AvgIpc) is 2.95. The minimum Gasteiger partial charge on any atom is -0.338 e. The third-order valence-corrected chi connectivity index (χ3v) is 4.96. The third kappa shape index (κ3) is 2.11. The van der Waals surface area contributed by atoms with Gasteiger partial charge in [-0.2, -0.15) is 0 Å². The summed E-state index contributed by atoms with van der Waals surface area (Å²) in [5.41, 5.74) is 7.23. The molecule has 2 N–H and O–H groups in total. The van der Waals surface area contributed by atoms with Crippen LogP contribution in [0.3, 0.4) is 0 Å². The Labute approximate surface area is 106 Å². The van der Waals surface area contributed by atoms with Crippen LogP contribution in [0.25, 0.3) is 0 Å². The maximum absolute atomic E-state index is 12.4. The lowest BCUT2D eigenvalue weighted by atomic mass is 10.0. The van der Waals surface area contributed by atoms with Gasteiger partial charge in [0.25, 0.3) is 0 Å². The standard InChI is InChI=1S/C13H18N2OS/c14-11-2-1-9(7-11)13(16)15-5-3-12-10(8-15)4-6-17-12/h4,6,9,11H,1-3,5,7-8,14H2. The molecule has 4 heteroatoms. The van der Waals surface area contributed by atoms with Crippen LogP contribution >= 0.6 is 11.3 Å². The number of hydrogen-bond acceptors (Lipinski definition) is 3. The predicted molar refractivity (Wildman–Crippen MR) is 68.8 cm³/mol. The zero-order chi connectivity index (χ0) is 11.8. The van der Waals surface area contributed by atoms with E-state index in [0.29, 0.717) is 5.91 Å². The molecule has 1 aliphatic carbocycles. The SMILES string of the molecule is NC1CCC(C(=O)N2CCc3sccc3C2)C1. The number of hydrogen-bond donors (Lipinski definition) is 1. The van der Waals surface area contributed by atoms with Crippen molar-refractivity contribution in [2.45, 2.75) is 38.3 Å². The topological polar surface area (TPSA) is 46.3 Å². The van der Waals surface area contributed by atoms with E-state index in [4.69, 9.17) is 5.73 Å². The summed E-state index contributed by atoms with van der Waals surface area (Å²) in [7, 11) is 0. The molecule has 2 unspecified atom stereocenters. The lowest BCUT2D eigenvalue weighted by molar-refractivity contribution is -0.136. The molecular formula is C13H18N2OS. The van der Waals surface area contributed by atoms with Gasteiger partial charge in [0.2, 0.25) is 5.91 Å². The van der Waals surface area contributed by atoms with Crippen molar-refractivity contribution in [1.82, 2.24) is 4.90 Å². The number of rotatable bonds is 1. The fourth-order valence-electron chi connectivity index (χ4n) is 2.94. The fourth-order valence-corrected chi connectivity index (χ4v) is 3.83. The smallest absolute Gasteiger partial charge is 0.226 e. The van der Waals surface area contributed by atoms with Gasteiger partial charge in [-0.25, -0.2) is 0 Å². The Morgan fingerprint density at radius 2 is 2.35 bits per heavy atom. The Bertz CT molecular complexity index is 429. The molecule has 17 heavy (non-hydrogen) atoms. The van der Waals surface area contributed by atoms with Gasteiger partial charge in [0, 0.05) is 29.9 Å². The van der Waals surface area contributed by atoms with Crippen LogP contribution in [-0.2, 0) is 17.8 Å². The second-order valence-electron chi connectivity index (χ2n) is 5.15. The van der Waals surface area contributed by atoms with E-state index in [1.807, 2.05) is 16.2 Å². The number of nitrogens with two attached hydrogens (primary N) is 1. The van der Waals surface area contributed by atoms with Gasteiger partial charge in [-0.05, 0) is 42.7 Å². The predicted octanol–water partition coefficient (Wildman–Crippen LogP) is 1.76. The van der Waals surface area contributed by atoms with Crippen molar-refractivity contribution in [2.75, 3.05) is 6.54 Å². The summed E-state index contributed by atoms with van der Waals surface area (Å²) in [5.74, 6) is 0.514. The molecule has 1 amide bonds. The first-order chi connectivity index (χ1) is 8.24. The van der Waals surface area contributed by atoms with Crippen LogP contribution < -0.4 is 5.73 Å². The van der Waals surface area contributed by atoms with Gasteiger partial charge >= 0.3 is 0 Å². The molecule has 0 radical (unpaired) electrons. The van der Waals surface area contributed by atoms with Gasteiger partial charge in [-0.1, -0.05) is 0 Å². The largest absolute Gasteiger partial charge is 0.338 e. The first-order valence-electron chi connectivity index (χ1n) is 6.33. The quantitative estimate of drug-likeness (QED) is 0.825. The molecule has 3 rings (SSSR count). The molecule has 0 bridgehead atoms. The van der Waals surface area contributed by atoms with Crippen LogP contribution in [-0.4, -0.2) is 23.4 Å². The monoisotopic (exact) mass is 250 g/mol. The molecule has 2 heterocycles. The molecule has 0 spiro atoms. The fraction of sp³-hybridized carbons (Fsp3) is 0.615. The Balaban J connectivity index is 1.68. The van der Waals surface area contributed by atoms with Crippen molar-refractivity contribution in [1.29, 1.82) is 0 Å². The van der Waals surface area contributed by atoms with Gasteiger partial charge in [0.1, 0.15) is 0 Å².